The van der Waals surface area contributed by atoms with Gasteiger partial charge in [0.15, 0.2) is 0 Å². The van der Waals surface area contributed by atoms with Crippen LogP contribution < -0.4 is 5.73 Å². The molecule has 11 heavy (non-hydrogen) atoms. The van der Waals surface area contributed by atoms with E-state index in [1.807, 2.05) is 6.07 Å². The predicted molar refractivity (Wildman–Crippen MR) is 41.5 cm³/mol. The zero-order chi connectivity index (χ0) is 8.85. The maximum atomic E-state index is 10.9. The van der Waals surface area contributed by atoms with Crippen LogP contribution in [0.4, 0.5) is 0 Å². The molecule has 1 amide bonds. The van der Waals surface area contributed by atoms with Crippen LogP contribution in [-0.4, -0.2) is 30.9 Å². The summed E-state index contributed by atoms with van der Waals surface area (Å²) < 4.78 is 0. The van der Waals surface area contributed by atoms with Crippen LogP contribution in [0.1, 0.15) is 12.8 Å². The first kappa shape index (κ1) is 9.92. The average molecular weight is 155 g/mol. The molecule has 0 aliphatic rings. The van der Waals surface area contributed by atoms with Crippen molar-refractivity contribution in [2.24, 2.45) is 5.73 Å². The van der Waals surface area contributed by atoms with E-state index in [2.05, 4.69) is 0 Å². The highest BCUT2D eigenvalue weighted by molar-refractivity contribution is 5.75. The van der Waals surface area contributed by atoms with Gasteiger partial charge in [-0.15, -0.1) is 0 Å². The topological polar surface area (TPSA) is 70.1 Å². The minimum atomic E-state index is -0.515. The maximum Gasteiger partial charge on any atom is 0.222 e. The fourth-order valence-electron chi connectivity index (χ4n) is 0.567. The summed E-state index contributed by atoms with van der Waals surface area (Å²) in [6.45, 7) is 0. The van der Waals surface area contributed by atoms with E-state index in [-0.39, 0.29) is 5.91 Å². The van der Waals surface area contributed by atoms with Crippen molar-refractivity contribution in [1.82, 2.24) is 4.90 Å². The van der Waals surface area contributed by atoms with Gasteiger partial charge in [0.05, 0.1) is 12.1 Å². The van der Waals surface area contributed by atoms with Crippen molar-refractivity contribution < 1.29 is 4.79 Å². The van der Waals surface area contributed by atoms with E-state index in [1.54, 1.807) is 14.1 Å². The second kappa shape index (κ2) is 4.69. The van der Waals surface area contributed by atoms with Crippen LogP contribution in [0.3, 0.4) is 0 Å². The lowest BCUT2D eigenvalue weighted by Crippen LogP contribution is -2.25. The molecule has 4 nitrogen and oxygen atoms in total. The zero-order valence-electron chi connectivity index (χ0n) is 6.87. The molecule has 0 aliphatic heterocycles. The molecular weight excluding hydrogens is 142 g/mol. The third-order valence-electron chi connectivity index (χ3n) is 1.33. The SMILES string of the molecule is CN(C)C(=O)CCC(N)C#N. The number of carbonyl (C=O) groups excluding carboxylic acids is 1. The lowest BCUT2D eigenvalue weighted by Gasteiger charge is -2.09. The first-order valence-corrected chi connectivity index (χ1v) is 3.43. The van der Waals surface area contributed by atoms with Crippen LogP contribution in [-0.2, 0) is 4.79 Å². The van der Waals surface area contributed by atoms with E-state index in [4.69, 9.17) is 11.0 Å². The molecule has 0 bridgehead atoms. The molecule has 0 rings (SSSR count). The first-order chi connectivity index (χ1) is 5.07. The van der Waals surface area contributed by atoms with Gasteiger partial charge in [-0.05, 0) is 6.42 Å². The molecule has 0 aromatic heterocycles. The Morgan fingerprint density at radius 3 is 2.64 bits per heavy atom. The molecule has 0 heterocycles. The van der Waals surface area contributed by atoms with Gasteiger partial charge in [0.25, 0.3) is 0 Å². The standard InChI is InChI=1S/C7H13N3O/c1-10(2)7(11)4-3-6(9)5-8/h6H,3-4,9H2,1-2H3. The number of hydrogen-bond donors (Lipinski definition) is 1. The number of carbonyl (C=O) groups is 1. The van der Waals surface area contributed by atoms with Gasteiger partial charge in [-0.2, -0.15) is 5.26 Å². The highest BCUT2D eigenvalue weighted by Crippen LogP contribution is 1.95. The number of nitrogens with zero attached hydrogens (tertiary/aromatic N) is 2. The highest BCUT2D eigenvalue weighted by atomic mass is 16.2. The Hall–Kier alpha value is -1.08. The summed E-state index contributed by atoms with van der Waals surface area (Å²) in [5, 5.41) is 8.29. The molecule has 62 valence electrons. The second-order valence-corrected chi connectivity index (χ2v) is 2.56. The van der Waals surface area contributed by atoms with Gasteiger partial charge in [0, 0.05) is 20.5 Å². The molecule has 2 N–H and O–H groups in total. The minimum Gasteiger partial charge on any atom is -0.349 e. The molecule has 0 aliphatic carbocycles. The van der Waals surface area contributed by atoms with Gasteiger partial charge >= 0.3 is 0 Å². The summed E-state index contributed by atoms with van der Waals surface area (Å²) in [6.07, 6.45) is 0.787. The normalized spacial score (nSPS) is 11.8. The molecular formula is C7H13N3O. The van der Waals surface area contributed by atoms with Crippen LogP contribution in [0.5, 0.6) is 0 Å². The van der Waals surface area contributed by atoms with Gasteiger partial charge in [0.1, 0.15) is 0 Å². The molecule has 0 aromatic carbocycles. The second-order valence-electron chi connectivity index (χ2n) is 2.56. The van der Waals surface area contributed by atoms with E-state index in [1.165, 1.54) is 4.90 Å². The van der Waals surface area contributed by atoms with E-state index >= 15 is 0 Å². The first-order valence-electron chi connectivity index (χ1n) is 3.43. The van der Waals surface area contributed by atoms with Gasteiger partial charge in [-0.3, -0.25) is 4.79 Å². The van der Waals surface area contributed by atoms with E-state index in [0.29, 0.717) is 12.8 Å². The van der Waals surface area contributed by atoms with Crippen LogP contribution in [0.25, 0.3) is 0 Å². The Kier molecular flexibility index (Phi) is 4.23. The molecule has 1 atom stereocenters. The Balaban J connectivity index is 3.56. The fourth-order valence-corrected chi connectivity index (χ4v) is 0.567. The van der Waals surface area contributed by atoms with Gasteiger partial charge in [0.2, 0.25) is 5.91 Å². The van der Waals surface area contributed by atoms with Crippen molar-refractivity contribution in [3.8, 4) is 6.07 Å². The Bertz CT molecular complexity index is 171. The predicted octanol–water partition coefficient (Wildman–Crippen LogP) is -0.294. The number of nitriles is 1. The number of rotatable bonds is 3. The third-order valence-corrected chi connectivity index (χ3v) is 1.33. The molecule has 0 radical (unpaired) electrons. The third kappa shape index (κ3) is 4.34. The molecule has 0 fully saturated rings. The van der Waals surface area contributed by atoms with Crippen LogP contribution in [0.2, 0.25) is 0 Å². The van der Waals surface area contributed by atoms with E-state index in [9.17, 15) is 4.79 Å². The molecule has 0 aromatic rings. The quantitative estimate of drug-likeness (QED) is 0.608. The minimum absolute atomic E-state index is 0.00991. The summed E-state index contributed by atoms with van der Waals surface area (Å²) in [4.78, 5) is 12.4. The highest BCUT2D eigenvalue weighted by Gasteiger charge is 2.06. The molecule has 0 spiro atoms. The lowest BCUT2D eigenvalue weighted by atomic mass is 10.2. The van der Waals surface area contributed by atoms with Crippen molar-refractivity contribution in [2.75, 3.05) is 14.1 Å². The summed E-state index contributed by atoms with van der Waals surface area (Å²) >= 11 is 0. The summed E-state index contributed by atoms with van der Waals surface area (Å²) in [6, 6.07) is 1.35. The maximum absolute atomic E-state index is 10.9. The molecule has 0 saturated carbocycles. The van der Waals surface area contributed by atoms with Crippen molar-refractivity contribution in [3.63, 3.8) is 0 Å². The molecule has 4 heteroatoms. The monoisotopic (exact) mass is 155 g/mol. The van der Waals surface area contributed by atoms with Crippen LogP contribution in [0.15, 0.2) is 0 Å². The summed E-state index contributed by atoms with van der Waals surface area (Å²) in [7, 11) is 3.36. The Morgan fingerprint density at radius 2 is 2.27 bits per heavy atom. The smallest absolute Gasteiger partial charge is 0.222 e. The number of hydrogen-bond acceptors (Lipinski definition) is 3. The molecule has 1 unspecified atom stereocenters. The Morgan fingerprint density at radius 1 is 1.73 bits per heavy atom. The summed E-state index contributed by atoms with van der Waals surface area (Å²) in [5.74, 6) is 0.00991. The van der Waals surface area contributed by atoms with Gasteiger partial charge < -0.3 is 10.6 Å². The largest absolute Gasteiger partial charge is 0.349 e. The summed E-state index contributed by atoms with van der Waals surface area (Å²) in [5.41, 5.74) is 5.29. The van der Waals surface area contributed by atoms with Crippen molar-refractivity contribution in [3.05, 3.63) is 0 Å². The lowest BCUT2D eigenvalue weighted by molar-refractivity contribution is -0.128. The average Bonchev–Trinajstić information content (AvgIpc) is 1.99. The van der Waals surface area contributed by atoms with E-state index < -0.39 is 6.04 Å². The van der Waals surface area contributed by atoms with Crippen LogP contribution in [0, 0.1) is 11.3 Å². The van der Waals surface area contributed by atoms with Crippen LogP contribution >= 0.6 is 0 Å². The fraction of sp³-hybridized carbons (Fsp3) is 0.714. The van der Waals surface area contributed by atoms with Crippen molar-refractivity contribution in [1.29, 1.82) is 5.26 Å². The van der Waals surface area contributed by atoms with Crippen molar-refractivity contribution in [2.45, 2.75) is 18.9 Å². The number of amides is 1. The van der Waals surface area contributed by atoms with E-state index in [0.717, 1.165) is 0 Å². The number of nitrogens with two attached hydrogens (primary N) is 1. The van der Waals surface area contributed by atoms with Gasteiger partial charge in [-0.1, -0.05) is 0 Å². The zero-order valence-corrected chi connectivity index (χ0v) is 6.87. The van der Waals surface area contributed by atoms with Gasteiger partial charge in [-0.25, -0.2) is 0 Å². The molecule has 0 saturated heterocycles. The van der Waals surface area contributed by atoms with Crippen molar-refractivity contribution >= 4 is 5.91 Å². The Labute approximate surface area is 66.6 Å².